The molecule has 4 heteroatoms. The number of para-hydroxylation sites is 1. The van der Waals surface area contributed by atoms with Crippen molar-refractivity contribution < 1.29 is 18.8 Å². The van der Waals surface area contributed by atoms with Gasteiger partial charge in [0.25, 0.3) is 0 Å². The molecule has 2 aromatic rings. The molecule has 0 aromatic heterocycles. The van der Waals surface area contributed by atoms with Crippen LogP contribution in [0.15, 0.2) is 54.6 Å². The van der Waals surface area contributed by atoms with Crippen molar-refractivity contribution >= 4 is 5.97 Å². The molecule has 0 heterocycles. The maximum atomic E-state index is 13.1. The summed E-state index contributed by atoms with van der Waals surface area (Å²) in [6.45, 7) is 6.86. The van der Waals surface area contributed by atoms with Gasteiger partial charge in [-0.2, -0.15) is 0 Å². The summed E-state index contributed by atoms with van der Waals surface area (Å²) in [5, 5.41) is 0. The van der Waals surface area contributed by atoms with Crippen LogP contribution in [0.1, 0.15) is 76.8 Å². The van der Waals surface area contributed by atoms with Crippen LogP contribution in [0, 0.1) is 0 Å². The van der Waals surface area contributed by atoms with Crippen molar-refractivity contribution in [3.05, 3.63) is 65.7 Å². The minimum atomic E-state index is -0.631. The van der Waals surface area contributed by atoms with Gasteiger partial charge in [0.15, 0.2) is 6.04 Å². The minimum absolute atomic E-state index is 0.209. The van der Waals surface area contributed by atoms with Gasteiger partial charge in [0.1, 0.15) is 12.3 Å². The Balaban J connectivity index is 1.92. The topological polar surface area (TPSA) is 35.5 Å². The molecule has 0 aliphatic carbocycles. The van der Waals surface area contributed by atoms with Crippen LogP contribution in [-0.2, 0) is 22.5 Å². The van der Waals surface area contributed by atoms with Crippen LogP contribution < -0.4 is 4.74 Å². The first kappa shape index (κ1) is 26.9. The first-order valence-electron chi connectivity index (χ1n) is 12.7. The van der Waals surface area contributed by atoms with Crippen molar-refractivity contribution in [2.45, 2.75) is 91.0 Å². The Morgan fingerprint density at radius 3 is 2.21 bits per heavy atom. The van der Waals surface area contributed by atoms with Crippen molar-refractivity contribution in [2.75, 3.05) is 14.1 Å². The van der Waals surface area contributed by atoms with Gasteiger partial charge in [0, 0.05) is 18.9 Å². The van der Waals surface area contributed by atoms with E-state index >= 15 is 0 Å². The molecule has 0 aliphatic rings. The molecule has 0 saturated carbocycles. The third-order valence-electron chi connectivity index (χ3n) is 6.28. The van der Waals surface area contributed by atoms with E-state index in [2.05, 4.69) is 39.2 Å². The number of hydrogen-bond donors (Lipinski definition) is 0. The quantitative estimate of drug-likeness (QED) is 0.127. The summed E-state index contributed by atoms with van der Waals surface area (Å²) in [4.78, 5) is 13.1. The zero-order chi connectivity index (χ0) is 24.1. The van der Waals surface area contributed by atoms with Crippen molar-refractivity contribution in [3.8, 4) is 5.75 Å². The van der Waals surface area contributed by atoms with E-state index in [1.807, 2.05) is 50.2 Å². The fourth-order valence-corrected chi connectivity index (χ4v) is 4.48. The van der Waals surface area contributed by atoms with E-state index in [9.17, 15) is 4.79 Å². The minimum Gasteiger partial charge on any atom is -0.455 e. The predicted molar refractivity (Wildman–Crippen MR) is 136 cm³/mol. The molecule has 33 heavy (non-hydrogen) atoms. The maximum absolute atomic E-state index is 13.1. The number of carbonyl (C=O) groups is 1. The fraction of sp³-hybridized carbons (Fsp3) is 0.552. The average molecular weight is 455 g/mol. The lowest BCUT2D eigenvalue weighted by Crippen LogP contribution is -2.53. The van der Waals surface area contributed by atoms with Crippen LogP contribution in [-0.4, -0.2) is 36.9 Å². The molecule has 2 unspecified atom stereocenters. The molecule has 0 fully saturated rings. The summed E-state index contributed by atoms with van der Waals surface area (Å²) in [6.07, 6.45) is 8.67. The van der Waals surface area contributed by atoms with Crippen LogP contribution >= 0.6 is 0 Å². The first-order chi connectivity index (χ1) is 15.9. The van der Waals surface area contributed by atoms with Crippen molar-refractivity contribution in [1.82, 2.24) is 0 Å². The number of esters is 1. The molecular weight excluding hydrogens is 410 g/mol. The van der Waals surface area contributed by atoms with Gasteiger partial charge in [0.2, 0.25) is 6.29 Å². The summed E-state index contributed by atoms with van der Waals surface area (Å²) < 4.78 is 12.4. The highest BCUT2D eigenvalue weighted by Gasteiger charge is 2.36. The number of benzene rings is 2. The fourth-order valence-electron chi connectivity index (χ4n) is 4.48. The van der Waals surface area contributed by atoms with Gasteiger partial charge < -0.3 is 14.0 Å². The van der Waals surface area contributed by atoms with E-state index in [0.717, 1.165) is 25.1 Å². The Morgan fingerprint density at radius 1 is 0.879 bits per heavy atom. The lowest BCUT2D eigenvalue weighted by molar-refractivity contribution is -0.919. The lowest BCUT2D eigenvalue weighted by Gasteiger charge is -2.36. The summed E-state index contributed by atoms with van der Waals surface area (Å²) in [5.41, 5.74) is 2.39. The highest BCUT2D eigenvalue weighted by atomic mass is 16.7. The molecule has 182 valence electrons. The SMILES string of the molecule is CCCCCCCCc1ccccc1OC(C)OC(=O)C(CC)[N+](C)(C)Cc1ccccc1. The Hall–Kier alpha value is -2.33. The van der Waals surface area contributed by atoms with Crippen LogP contribution in [0.4, 0.5) is 0 Å². The molecule has 0 bridgehead atoms. The highest BCUT2D eigenvalue weighted by molar-refractivity contribution is 5.74. The predicted octanol–water partition coefficient (Wildman–Crippen LogP) is 6.91. The molecule has 0 N–H and O–H groups in total. The van der Waals surface area contributed by atoms with Gasteiger partial charge in [-0.25, -0.2) is 4.79 Å². The van der Waals surface area contributed by atoms with Gasteiger partial charge in [0.05, 0.1) is 14.1 Å². The monoisotopic (exact) mass is 454 g/mol. The Bertz CT molecular complexity index is 819. The van der Waals surface area contributed by atoms with E-state index in [0.29, 0.717) is 10.9 Å². The normalized spacial score (nSPS) is 13.4. The number of quaternary nitrogens is 1. The second-order valence-electron chi connectivity index (χ2n) is 9.59. The number of hydrogen-bond acceptors (Lipinski definition) is 3. The Kier molecular flexibility index (Phi) is 11.5. The Morgan fingerprint density at radius 2 is 1.52 bits per heavy atom. The van der Waals surface area contributed by atoms with E-state index in [1.165, 1.54) is 43.2 Å². The standard InChI is InChI=1S/C29H44NO3/c1-6-8-9-10-11-15-20-26-21-16-17-22-28(26)32-24(3)33-29(31)27(7-2)30(4,5)23-25-18-13-12-14-19-25/h12-14,16-19,21-22,24,27H,6-11,15,20,23H2,1-5H3/q+1. The number of likely N-dealkylation sites (N-methyl/N-ethyl adjacent to an activating group) is 1. The molecule has 4 nitrogen and oxygen atoms in total. The Labute approximate surface area is 201 Å². The molecule has 0 radical (unpaired) electrons. The van der Waals surface area contributed by atoms with Gasteiger partial charge in [-0.3, -0.25) is 0 Å². The molecule has 0 saturated heterocycles. The third kappa shape index (κ3) is 9.21. The number of aryl methyl sites for hydroxylation is 1. The second kappa shape index (κ2) is 14.0. The number of unbranched alkanes of at least 4 members (excludes halogenated alkanes) is 5. The van der Waals surface area contributed by atoms with E-state index in [4.69, 9.17) is 9.47 Å². The second-order valence-corrected chi connectivity index (χ2v) is 9.59. The number of carbonyl (C=O) groups excluding carboxylic acids is 1. The summed E-state index contributed by atoms with van der Waals surface area (Å²) in [5.74, 6) is 0.608. The molecule has 2 atom stereocenters. The zero-order valence-corrected chi connectivity index (χ0v) is 21.4. The summed E-state index contributed by atoms with van der Waals surface area (Å²) in [6, 6.07) is 18.1. The zero-order valence-electron chi connectivity index (χ0n) is 21.4. The van der Waals surface area contributed by atoms with Gasteiger partial charge in [-0.05, 0) is 24.5 Å². The average Bonchev–Trinajstić information content (AvgIpc) is 2.77. The summed E-state index contributed by atoms with van der Waals surface area (Å²) in [7, 11) is 4.17. The number of nitrogens with zero attached hydrogens (tertiary/aromatic N) is 1. The lowest BCUT2D eigenvalue weighted by atomic mass is 10.0. The maximum Gasteiger partial charge on any atom is 0.368 e. The first-order valence-corrected chi connectivity index (χ1v) is 12.7. The molecule has 2 rings (SSSR count). The van der Waals surface area contributed by atoms with E-state index < -0.39 is 6.29 Å². The van der Waals surface area contributed by atoms with Crippen LogP contribution in [0.2, 0.25) is 0 Å². The van der Waals surface area contributed by atoms with Gasteiger partial charge in [-0.15, -0.1) is 0 Å². The van der Waals surface area contributed by atoms with E-state index in [1.54, 1.807) is 0 Å². The smallest absolute Gasteiger partial charge is 0.368 e. The highest BCUT2D eigenvalue weighted by Crippen LogP contribution is 2.23. The summed E-state index contributed by atoms with van der Waals surface area (Å²) >= 11 is 0. The van der Waals surface area contributed by atoms with E-state index in [-0.39, 0.29) is 12.0 Å². The van der Waals surface area contributed by atoms with Gasteiger partial charge >= 0.3 is 5.97 Å². The van der Waals surface area contributed by atoms with Crippen LogP contribution in [0.5, 0.6) is 5.75 Å². The number of ether oxygens (including phenoxy) is 2. The van der Waals surface area contributed by atoms with Crippen molar-refractivity contribution in [3.63, 3.8) is 0 Å². The van der Waals surface area contributed by atoms with Gasteiger partial charge in [-0.1, -0.05) is 94.5 Å². The third-order valence-corrected chi connectivity index (χ3v) is 6.28. The molecule has 0 amide bonds. The molecule has 0 spiro atoms. The van der Waals surface area contributed by atoms with Crippen molar-refractivity contribution in [1.29, 1.82) is 0 Å². The number of rotatable bonds is 15. The largest absolute Gasteiger partial charge is 0.455 e. The molecule has 2 aromatic carbocycles. The molecular formula is C29H44NO3+. The van der Waals surface area contributed by atoms with Crippen LogP contribution in [0.3, 0.4) is 0 Å². The van der Waals surface area contributed by atoms with Crippen molar-refractivity contribution in [2.24, 2.45) is 0 Å². The molecule has 0 aliphatic heterocycles. The van der Waals surface area contributed by atoms with Crippen LogP contribution in [0.25, 0.3) is 0 Å².